The van der Waals surface area contributed by atoms with Crippen molar-refractivity contribution < 1.29 is 4.42 Å². The Morgan fingerprint density at radius 1 is 1.22 bits per heavy atom. The average Bonchev–Trinajstić information content (AvgIpc) is 3.06. The number of hydrogen-bond donors (Lipinski definition) is 0. The van der Waals surface area contributed by atoms with Gasteiger partial charge in [0.05, 0.1) is 12.8 Å². The van der Waals surface area contributed by atoms with Gasteiger partial charge in [-0.15, -0.1) is 10.2 Å². The van der Waals surface area contributed by atoms with Gasteiger partial charge in [0.2, 0.25) is 0 Å². The smallest absolute Gasteiger partial charge is 0.199 e. The lowest BCUT2D eigenvalue weighted by atomic mass is 10.2. The van der Waals surface area contributed by atoms with Crippen LogP contribution in [0.2, 0.25) is 5.02 Å². The molecular weight excluding hydrogens is 402 g/mol. The first-order valence-electron chi connectivity index (χ1n) is 8.49. The summed E-state index contributed by atoms with van der Waals surface area (Å²) in [5.74, 6) is 3.06. The van der Waals surface area contributed by atoms with Gasteiger partial charge in [0.25, 0.3) is 0 Å². The molecule has 0 bridgehead atoms. The molecule has 27 heavy (non-hydrogen) atoms. The number of halogens is 1. The first-order chi connectivity index (χ1) is 13.3. The third-order valence-corrected chi connectivity index (χ3v) is 6.22. The Balaban J connectivity index is 1.51. The van der Waals surface area contributed by atoms with Crippen molar-refractivity contribution >= 4 is 34.9 Å². The summed E-state index contributed by atoms with van der Waals surface area (Å²) in [5.41, 5.74) is 0.907. The van der Waals surface area contributed by atoms with Crippen LogP contribution < -0.4 is 0 Å². The lowest BCUT2D eigenvalue weighted by molar-refractivity contribution is 0.485. The summed E-state index contributed by atoms with van der Waals surface area (Å²) in [6, 6.07) is 11.4. The van der Waals surface area contributed by atoms with Crippen molar-refractivity contribution in [3.8, 4) is 11.4 Å². The molecule has 1 aliphatic rings. The van der Waals surface area contributed by atoms with Crippen LogP contribution in [0, 0.1) is 0 Å². The largest absolute Gasteiger partial charge is 0.467 e. The van der Waals surface area contributed by atoms with E-state index in [0.29, 0.717) is 17.5 Å². The van der Waals surface area contributed by atoms with Gasteiger partial charge in [0.15, 0.2) is 15.3 Å². The fourth-order valence-electron chi connectivity index (χ4n) is 2.75. The van der Waals surface area contributed by atoms with Crippen molar-refractivity contribution in [3.63, 3.8) is 0 Å². The fourth-order valence-corrected chi connectivity index (χ4v) is 4.56. The minimum Gasteiger partial charge on any atom is -0.467 e. The molecule has 1 aliphatic carbocycles. The lowest BCUT2D eigenvalue weighted by Gasteiger charge is -2.08. The molecule has 0 N–H and O–H groups in total. The molecule has 4 aromatic rings. The first kappa shape index (κ1) is 17.0. The highest BCUT2D eigenvalue weighted by atomic mass is 35.5. The number of benzene rings is 1. The Morgan fingerprint density at radius 2 is 2.15 bits per heavy atom. The molecule has 3 aromatic heterocycles. The molecule has 0 aliphatic heterocycles. The molecule has 3 heterocycles. The van der Waals surface area contributed by atoms with Gasteiger partial charge in [-0.3, -0.25) is 4.57 Å². The molecule has 0 amide bonds. The Morgan fingerprint density at radius 3 is 2.93 bits per heavy atom. The predicted octanol–water partition coefficient (Wildman–Crippen LogP) is 5.12. The Kier molecular flexibility index (Phi) is 4.47. The van der Waals surface area contributed by atoms with Crippen LogP contribution in [0.4, 0.5) is 0 Å². The average molecular weight is 416 g/mol. The predicted molar refractivity (Wildman–Crippen MR) is 104 cm³/mol. The van der Waals surface area contributed by atoms with Crippen molar-refractivity contribution in [2.24, 2.45) is 0 Å². The standard InChI is InChI=1S/C18H14ClN5OS2/c19-13-4-1-3-12(9-13)16-21-22-17(24(16)10-14-5-2-8-25-14)26-18-20-15(23-27-18)11-6-7-11/h1-5,8-9,11H,6-7,10H2. The van der Waals surface area contributed by atoms with Crippen LogP contribution in [0.1, 0.15) is 30.3 Å². The van der Waals surface area contributed by atoms with Crippen molar-refractivity contribution in [2.45, 2.75) is 34.8 Å². The maximum Gasteiger partial charge on any atom is 0.199 e. The van der Waals surface area contributed by atoms with E-state index >= 15 is 0 Å². The number of aromatic nitrogens is 5. The molecule has 5 rings (SSSR count). The molecular formula is C18H14ClN5OS2. The summed E-state index contributed by atoms with van der Waals surface area (Å²) < 4.78 is 12.9. The zero-order valence-corrected chi connectivity index (χ0v) is 16.5. The molecule has 9 heteroatoms. The van der Waals surface area contributed by atoms with Gasteiger partial charge >= 0.3 is 0 Å². The maximum absolute atomic E-state index is 6.17. The van der Waals surface area contributed by atoms with Crippen LogP contribution in [-0.2, 0) is 6.54 Å². The van der Waals surface area contributed by atoms with E-state index in [4.69, 9.17) is 16.0 Å². The Hall–Kier alpha value is -2.16. The van der Waals surface area contributed by atoms with E-state index in [2.05, 4.69) is 19.6 Å². The molecule has 1 fully saturated rings. The highest BCUT2D eigenvalue weighted by Crippen LogP contribution is 2.40. The topological polar surface area (TPSA) is 69.6 Å². The van der Waals surface area contributed by atoms with E-state index in [1.54, 1.807) is 6.26 Å². The number of hydrogen-bond acceptors (Lipinski definition) is 7. The van der Waals surface area contributed by atoms with Crippen LogP contribution in [0.15, 0.2) is 56.6 Å². The minimum atomic E-state index is 0.526. The van der Waals surface area contributed by atoms with E-state index in [1.165, 1.54) is 36.1 Å². The highest BCUT2D eigenvalue weighted by Gasteiger charge is 2.28. The third-order valence-electron chi connectivity index (χ3n) is 4.24. The highest BCUT2D eigenvalue weighted by molar-refractivity contribution is 8.00. The molecule has 0 saturated heterocycles. The Labute approximate surface area is 168 Å². The van der Waals surface area contributed by atoms with E-state index in [9.17, 15) is 0 Å². The van der Waals surface area contributed by atoms with E-state index < -0.39 is 0 Å². The molecule has 0 unspecified atom stereocenters. The van der Waals surface area contributed by atoms with Gasteiger partial charge in [0, 0.05) is 16.5 Å². The second-order valence-electron chi connectivity index (χ2n) is 6.28. The first-order valence-corrected chi connectivity index (χ1v) is 10.5. The molecule has 0 spiro atoms. The molecule has 136 valence electrons. The summed E-state index contributed by atoms with van der Waals surface area (Å²) in [4.78, 5) is 4.65. The SMILES string of the molecule is Clc1cccc(-c2nnc(Sc3nc(C4CC4)ns3)n2Cc2ccco2)c1. The summed E-state index contributed by atoms with van der Waals surface area (Å²) in [7, 11) is 0. The van der Waals surface area contributed by atoms with Crippen molar-refractivity contribution in [1.29, 1.82) is 0 Å². The maximum atomic E-state index is 6.17. The van der Waals surface area contributed by atoms with Crippen molar-refractivity contribution in [1.82, 2.24) is 24.1 Å². The van der Waals surface area contributed by atoms with Gasteiger partial charge in [0.1, 0.15) is 11.6 Å². The number of furan rings is 1. The second kappa shape index (κ2) is 7.10. The zero-order chi connectivity index (χ0) is 18.2. The molecule has 1 saturated carbocycles. The van der Waals surface area contributed by atoms with Crippen LogP contribution in [-0.4, -0.2) is 24.1 Å². The normalized spacial score (nSPS) is 14.0. The van der Waals surface area contributed by atoms with Crippen LogP contribution in [0.5, 0.6) is 0 Å². The van der Waals surface area contributed by atoms with Gasteiger partial charge in [-0.2, -0.15) is 4.37 Å². The van der Waals surface area contributed by atoms with Crippen LogP contribution in [0.3, 0.4) is 0 Å². The summed E-state index contributed by atoms with van der Waals surface area (Å²) in [6.07, 6.45) is 4.04. The van der Waals surface area contributed by atoms with Gasteiger partial charge in [-0.05, 0) is 60.4 Å². The number of rotatable bonds is 6. The molecule has 0 radical (unpaired) electrons. The second-order valence-corrected chi connectivity index (χ2v) is 8.68. The Bertz CT molecular complexity index is 1070. The molecule has 6 nitrogen and oxygen atoms in total. The summed E-state index contributed by atoms with van der Waals surface area (Å²) in [6.45, 7) is 0.526. The number of nitrogens with zero attached hydrogens (tertiary/aromatic N) is 5. The minimum absolute atomic E-state index is 0.526. The summed E-state index contributed by atoms with van der Waals surface area (Å²) >= 11 is 9.06. The van der Waals surface area contributed by atoms with Gasteiger partial charge < -0.3 is 4.42 Å². The van der Waals surface area contributed by atoms with Crippen molar-refractivity contribution in [2.75, 3.05) is 0 Å². The zero-order valence-electron chi connectivity index (χ0n) is 14.1. The van der Waals surface area contributed by atoms with Gasteiger partial charge in [-0.25, -0.2) is 4.98 Å². The third kappa shape index (κ3) is 3.65. The van der Waals surface area contributed by atoms with E-state index in [0.717, 1.165) is 32.5 Å². The monoisotopic (exact) mass is 415 g/mol. The van der Waals surface area contributed by atoms with Crippen molar-refractivity contribution in [3.05, 3.63) is 59.3 Å². The lowest BCUT2D eigenvalue weighted by Crippen LogP contribution is -2.03. The van der Waals surface area contributed by atoms with E-state index in [-0.39, 0.29) is 0 Å². The molecule has 0 atom stereocenters. The molecule has 1 aromatic carbocycles. The van der Waals surface area contributed by atoms with Crippen LogP contribution in [0.25, 0.3) is 11.4 Å². The summed E-state index contributed by atoms with van der Waals surface area (Å²) in [5, 5.41) is 10.2. The van der Waals surface area contributed by atoms with E-state index in [1.807, 2.05) is 41.0 Å². The van der Waals surface area contributed by atoms with Gasteiger partial charge in [-0.1, -0.05) is 23.7 Å². The fraction of sp³-hybridized carbons (Fsp3) is 0.222. The van der Waals surface area contributed by atoms with Crippen LogP contribution >= 0.6 is 34.9 Å². The quantitative estimate of drug-likeness (QED) is 0.435.